The van der Waals surface area contributed by atoms with E-state index in [1.165, 1.54) is 13.2 Å². The lowest BCUT2D eigenvalue weighted by Crippen LogP contribution is -1.97. The van der Waals surface area contributed by atoms with E-state index < -0.39 is 5.97 Å². The fraction of sp³-hybridized carbons (Fsp3) is 0.0909. The van der Waals surface area contributed by atoms with E-state index in [0.717, 1.165) is 5.56 Å². The van der Waals surface area contributed by atoms with Crippen molar-refractivity contribution in [1.82, 2.24) is 0 Å². The molecule has 0 saturated heterocycles. The van der Waals surface area contributed by atoms with Gasteiger partial charge in [0.1, 0.15) is 0 Å². The van der Waals surface area contributed by atoms with Gasteiger partial charge in [0.25, 0.3) is 0 Å². The number of benzene rings is 1. The van der Waals surface area contributed by atoms with Crippen molar-refractivity contribution >= 4 is 24.1 Å². The molecule has 0 aromatic heterocycles. The van der Waals surface area contributed by atoms with Crippen LogP contribution in [0.2, 0.25) is 0 Å². The molecule has 1 aromatic carbocycles. The van der Waals surface area contributed by atoms with Gasteiger partial charge in [-0.25, -0.2) is 4.79 Å². The van der Waals surface area contributed by atoms with Gasteiger partial charge in [-0.2, -0.15) is 0 Å². The van der Waals surface area contributed by atoms with E-state index >= 15 is 0 Å². The molecular formula is C11H11NO3. The number of methoxy groups -OCH3 is 1. The third-order valence-corrected chi connectivity index (χ3v) is 1.78. The summed E-state index contributed by atoms with van der Waals surface area (Å²) in [7, 11) is 1.31. The van der Waals surface area contributed by atoms with E-state index in [2.05, 4.69) is 10.1 Å². The lowest BCUT2D eigenvalue weighted by molar-refractivity contribution is -0.134. The smallest absolute Gasteiger partial charge is 0.330 e. The number of anilines is 1. The normalized spacial score (nSPS) is 9.93. The zero-order valence-electron chi connectivity index (χ0n) is 8.27. The minimum atomic E-state index is -0.434. The molecule has 0 saturated carbocycles. The molecule has 0 bridgehead atoms. The molecule has 4 heteroatoms. The second kappa shape index (κ2) is 5.59. The van der Waals surface area contributed by atoms with Gasteiger partial charge < -0.3 is 10.1 Å². The van der Waals surface area contributed by atoms with Crippen LogP contribution < -0.4 is 5.32 Å². The minimum Gasteiger partial charge on any atom is -0.466 e. The van der Waals surface area contributed by atoms with E-state index in [4.69, 9.17) is 0 Å². The number of hydrogen-bond acceptors (Lipinski definition) is 3. The number of amides is 1. The van der Waals surface area contributed by atoms with Crippen molar-refractivity contribution in [2.24, 2.45) is 0 Å². The number of hydrogen-bond donors (Lipinski definition) is 1. The third-order valence-electron chi connectivity index (χ3n) is 1.78. The fourth-order valence-corrected chi connectivity index (χ4v) is 1.06. The van der Waals surface area contributed by atoms with E-state index in [1.807, 2.05) is 6.07 Å². The Hall–Kier alpha value is -2.10. The van der Waals surface area contributed by atoms with Gasteiger partial charge in [0, 0.05) is 11.8 Å². The van der Waals surface area contributed by atoms with Crippen molar-refractivity contribution in [3.8, 4) is 0 Å². The minimum absolute atomic E-state index is 0.434. The van der Waals surface area contributed by atoms with Crippen molar-refractivity contribution < 1.29 is 14.3 Å². The van der Waals surface area contributed by atoms with Gasteiger partial charge in [0.2, 0.25) is 6.41 Å². The largest absolute Gasteiger partial charge is 0.466 e. The molecule has 78 valence electrons. The lowest BCUT2D eigenvalue weighted by atomic mass is 10.1. The molecule has 0 unspecified atom stereocenters. The average Bonchev–Trinajstić information content (AvgIpc) is 2.28. The average molecular weight is 205 g/mol. The summed E-state index contributed by atoms with van der Waals surface area (Å²) < 4.78 is 4.46. The van der Waals surface area contributed by atoms with E-state index in [0.29, 0.717) is 12.1 Å². The molecule has 15 heavy (non-hydrogen) atoms. The highest BCUT2D eigenvalue weighted by Gasteiger charge is 1.97. The zero-order chi connectivity index (χ0) is 11.1. The van der Waals surface area contributed by atoms with E-state index in [-0.39, 0.29) is 0 Å². The van der Waals surface area contributed by atoms with Crippen molar-refractivity contribution in [1.29, 1.82) is 0 Å². The first kappa shape index (κ1) is 11.0. The quantitative estimate of drug-likeness (QED) is 0.459. The summed E-state index contributed by atoms with van der Waals surface area (Å²) in [4.78, 5) is 21.1. The number of carbonyl (C=O) groups excluding carboxylic acids is 2. The molecule has 4 nitrogen and oxygen atoms in total. The van der Waals surface area contributed by atoms with Crippen molar-refractivity contribution in [3.63, 3.8) is 0 Å². The van der Waals surface area contributed by atoms with E-state index in [9.17, 15) is 9.59 Å². The van der Waals surface area contributed by atoms with E-state index in [1.54, 1.807) is 24.3 Å². The molecule has 0 fully saturated rings. The van der Waals surface area contributed by atoms with Crippen LogP contribution >= 0.6 is 0 Å². The second-order valence-corrected chi connectivity index (χ2v) is 2.71. The number of para-hydroxylation sites is 1. The fourth-order valence-electron chi connectivity index (χ4n) is 1.06. The summed E-state index contributed by atoms with van der Waals surface area (Å²) in [5.74, 6) is -0.434. The summed E-state index contributed by atoms with van der Waals surface area (Å²) in [5.41, 5.74) is 1.39. The van der Waals surface area contributed by atoms with Crippen molar-refractivity contribution in [3.05, 3.63) is 35.9 Å². The van der Waals surface area contributed by atoms with Crippen molar-refractivity contribution in [2.75, 3.05) is 12.4 Å². The summed E-state index contributed by atoms with van der Waals surface area (Å²) in [6.07, 6.45) is 3.47. The lowest BCUT2D eigenvalue weighted by Gasteiger charge is -2.02. The first-order valence-electron chi connectivity index (χ1n) is 4.33. The van der Waals surface area contributed by atoms with Gasteiger partial charge in [0.05, 0.1) is 7.11 Å². The highest BCUT2D eigenvalue weighted by Crippen LogP contribution is 2.15. The third kappa shape index (κ3) is 3.27. The van der Waals surface area contributed by atoms with Crippen LogP contribution in [0.4, 0.5) is 5.69 Å². The van der Waals surface area contributed by atoms with Gasteiger partial charge in [-0.1, -0.05) is 18.2 Å². The summed E-state index contributed by atoms with van der Waals surface area (Å²) in [6.45, 7) is 0. The molecule has 1 N–H and O–H groups in total. The second-order valence-electron chi connectivity index (χ2n) is 2.71. The molecule has 0 spiro atoms. The first-order chi connectivity index (χ1) is 7.27. The summed E-state index contributed by atoms with van der Waals surface area (Å²) in [6, 6.07) is 7.13. The summed E-state index contributed by atoms with van der Waals surface area (Å²) >= 11 is 0. The maximum absolute atomic E-state index is 10.9. The predicted octanol–water partition coefficient (Wildman–Crippen LogP) is 1.44. The number of esters is 1. The number of ether oxygens (including phenoxy) is 1. The van der Waals surface area contributed by atoms with Gasteiger partial charge in [-0.3, -0.25) is 4.79 Å². The van der Waals surface area contributed by atoms with Crippen LogP contribution in [-0.4, -0.2) is 19.5 Å². The van der Waals surface area contributed by atoms with Crippen LogP contribution in [-0.2, 0) is 14.3 Å². The van der Waals surface area contributed by atoms with Gasteiger partial charge in [-0.15, -0.1) is 0 Å². The Bertz CT molecular complexity index is 385. The molecule has 0 heterocycles. The molecule has 1 aromatic rings. The number of nitrogens with one attached hydrogen (secondary N) is 1. The molecule has 0 atom stereocenters. The monoisotopic (exact) mass is 205 g/mol. The number of rotatable bonds is 4. The SMILES string of the molecule is COC(=O)/C=C/c1ccccc1NC=O. The van der Waals surface area contributed by atoms with Crippen LogP contribution in [0.15, 0.2) is 30.3 Å². The summed E-state index contributed by atoms with van der Waals surface area (Å²) in [5, 5.41) is 2.53. The predicted molar refractivity (Wildman–Crippen MR) is 57.2 cm³/mol. The van der Waals surface area contributed by atoms with Crippen LogP contribution in [0, 0.1) is 0 Å². The zero-order valence-corrected chi connectivity index (χ0v) is 8.27. The maximum atomic E-state index is 10.9. The molecule has 1 rings (SSSR count). The Balaban J connectivity index is 2.88. The Morgan fingerprint density at radius 2 is 2.13 bits per heavy atom. The van der Waals surface area contributed by atoms with Crippen LogP contribution in [0.25, 0.3) is 6.08 Å². The molecule has 0 aliphatic rings. The first-order valence-corrected chi connectivity index (χ1v) is 4.33. The highest BCUT2D eigenvalue weighted by atomic mass is 16.5. The Labute approximate surface area is 87.6 Å². The molecule has 1 amide bonds. The van der Waals surface area contributed by atoms with Crippen LogP contribution in [0.3, 0.4) is 0 Å². The van der Waals surface area contributed by atoms with Crippen LogP contribution in [0.5, 0.6) is 0 Å². The Morgan fingerprint density at radius 3 is 2.80 bits per heavy atom. The van der Waals surface area contributed by atoms with Crippen LogP contribution in [0.1, 0.15) is 5.56 Å². The highest BCUT2D eigenvalue weighted by molar-refractivity contribution is 5.89. The Kier molecular flexibility index (Phi) is 4.09. The molecular weight excluding hydrogens is 194 g/mol. The Morgan fingerprint density at radius 1 is 1.40 bits per heavy atom. The molecule has 0 aliphatic heterocycles. The van der Waals surface area contributed by atoms with Crippen molar-refractivity contribution in [2.45, 2.75) is 0 Å². The molecule has 0 radical (unpaired) electrons. The maximum Gasteiger partial charge on any atom is 0.330 e. The topological polar surface area (TPSA) is 55.4 Å². The molecule has 0 aliphatic carbocycles. The van der Waals surface area contributed by atoms with Gasteiger partial charge in [-0.05, 0) is 17.7 Å². The van der Waals surface area contributed by atoms with Gasteiger partial charge in [0.15, 0.2) is 0 Å². The number of carbonyl (C=O) groups is 2. The van der Waals surface area contributed by atoms with Gasteiger partial charge >= 0.3 is 5.97 Å². The standard InChI is InChI=1S/C11H11NO3/c1-15-11(14)7-6-9-4-2-3-5-10(9)12-8-13/h2-8H,1H3,(H,12,13)/b7-6+.